The van der Waals surface area contributed by atoms with Gasteiger partial charge in [0.25, 0.3) is 15.9 Å². The van der Waals surface area contributed by atoms with E-state index in [0.29, 0.717) is 5.56 Å². The second kappa shape index (κ2) is 5.43. The van der Waals surface area contributed by atoms with Crippen LogP contribution >= 0.6 is 0 Å². The molecule has 0 bridgehead atoms. The average Bonchev–Trinajstić information content (AvgIpc) is 2.85. The summed E-state index contributed by atoms with van der Waals surface area (Å²) in [6.07, 6.45) is 0. The van der Waals surface area contributed by atoms with Crippen LogP contribution < -0.4 is 10.5 Å². The van der Waals surface area contributed by atoms with Gasteiger partial charge >= 0.3 is 0 Å². The number of benzene rings is 1. The normalized spacial score (nSPS) is 11.3. The van der Waals surface area contributed by atoms with E-state index in [1.807, 2.05) is 0 Å². The molecule has 0 unspecified atom stereocenters. The fraction of sp³-hybridized carbons (Fsp3) is 0.0833. The molecule has 0 aliphatic rings. The third-order valence-corrected chi connectivity index (χ3v) is 3.21. The Morgan fingerprint density at radius 2 is 2.05 bits per heavy atom. The van der Waals surface area contributed by atoms with Crippen LogP contribution in [0, 0.1) is 5.82 Å². The molecule has 0 atom stereocenters. The molecule has 0 aliphatic carbocycles. The van der Waals surface area contributed by atoms with Crippen molar-refractivity contribution >= 4 is 15.9 Å². The number of carbonyl (C=O) groups excluding carboxylic acids is 1. The first-order valence-corrected chi connectivity index (χ1v) is 7.06. The van der Waals surface area contributed by atoms with E-state index in [0.717, 1.165) is 6.07 Å². The molecule has 0 aliphatic heterocycles. The summed E-state index contributed by atoms with van der Waals surface area (Å²) in [6.45, 7) is 0.0853. The van der Waals surface area contributed by atoms with Gasteiger partial charge in [0, 0.05) is 6.54 Å². The van der Waals surface area contributed by atoms with Crippen LogP contribution in [-0.2, 0) is 16.6 Å². The first kappa shape index (κ1) is 14.2. The van der Waals surface area contributed by atoms with Gasteiger partial charge in [-0.1, -0.05) is 12.1 Å². The molecule has 0 saturated carbocycles. The van der Waals surface area contributed by atoms with Gasteiger partial charge < -0.3 is 9.73 Å². The van der Waals surface area contributed by atoms with E-state index in [-0.39, 0.29) is 12.3 Å². The molecule has 1 aromatic carbocycles. The number of furan rings is 1. The topological polar surface area (TPSA) is 102 Å². The second-order valence-corrected chi connectivity index (χ2v) is 5.47. The van der Waals surface area contributed by atoms with Crippen molar-refractivity contribution < 1.29 is 22.0 Å². The molecular formula is C12H11FN2O4S. The zero-order valence-electron chi connectivity index (χ0n) is 10.2. The molecule has 20 heavy (non-hydrogen) atoms. The van der Waals surface area contributed by atoms with Crippen LogP contribution in [0.25, 0.3) is 0 Å². The van der Waals surface area contributed by atoms with Gasteiger partial charge in [-0.2, -0.15) is 0 Å². The minimum Gasteiger partial charge on any atom is -0.438 e. The van der Waals surface area contributed by atoms with Crippen molar-refractivity contribution in [2.75, 3.05) is 0 Å². The lowest BCUT2D eigenvalue weighted by Crippen LogP contribution is -2.22. The summed E-state index contributed by atoms with van der Waals surface area (Å²) in [6, 6.07) is 8.01. The largest absolute Gasteiger partial charge is 0.438 e. The highest BCUT2D eigenvalue weighted by Gasteiger charge is 2.17. The zero-order chi connectivity index (χ0) is 14.8. The SMILES string of the molecule is NS(=O)(=O)c1ccc(C(=O)NCc2cccc(F)c2)o1. The van der Waals surface area contributed by atoms with Gasteiger partial charge in [-0.25, -0.2) is 17.9 Å². The molecule has 3 N–H and O–H groups in total. The van der Waals surface area contributed by atoms with Crippen molar-refractivity contribution in [1.82, 2.24) is 5.32 Å². The van der Waals surface area contributed by atoms with Gasteiger partial charge in [0.1, 0.15) is 5.82 Å². The monoisotopic (exact) mass is 298 g/mol. The van der Waals surface area contributed by atoms with Crippen LogP contribution in [0.2, 0.25) is 0 Å². The van der Waals surface area contributed by atoms with Crippen molar-refractivity contribution in [1.29, 1.82) is 0 Å². The van der Waals surface area contributed by atoms with Crippen molar-refractivity contribution in [3.05, 3.63) is 53.5 Å². The molecule has 106 valence electrons. The minimum atomic E-state index is -3.98. The van der Waals surface area contributed by atoms with E-state index in [1.165, 1.54) is 24.3 Å². The summed E-state index contributed by atoms with van der Waals surface area (Å²) >= 11 is 0. The Kier molecular flexibility index (Phi) is 3.86. The van der Waals surface area contributed by atoms with Gasteiger partial charge in [-0.15, -0.1) is 0 Å². The molecule has 0 saturated heterocycles. The third kappa shape index (κ3) is 3.43. The van der Waals surface area contributed by atoms with Crippen LogP contribution in [0.5, 0.6) is 0 Å². The predicted octanol–water partition coefficient (Wildman–Crippen LogP) is 0.996. The number of amides is 1. The number of sulfonamides is 1. The first-order valence-electron chi connectivity index (χ1n) is 5.51. The van der Waals surface area contributed by atoms with E-state index in [9.17, 15) is 17.6 Å². The predicted molar refractivity (Wildman–Crippen MR) is 67.7 cm³/mol. The summed E-state index contributed by atoms with van der Waals surface area (Å²) in [5, 5.41) is 6.84. The molecule has 1 amide bonds. The molecule has 1 heterocycles. The van der Waals surface area contributed by atoms with Crippen molar-refractivity contribution in [2.24, 2.45) is 5.14 Å². The van der Waals surface area contributed by atoms with E-state index in [2.05, 4.69) is 5.32 Å². The molecule has 0 fully saturated rings. The van der Waals surface area contributed by atoms with E-state index in [4.69, 9.17) is 9.56 Å². The van der Waals surface area contributed by atoms with Gasteiger partial charge in [0.15, 0.2) is 5.76 Å². The molecule has 0 radical (unpaired) electrons. The molecule has 6 nitrogen and oxygen atoms in total. The Morgan fingerprint density at radius 1 is 1.30 bits per heavy atom. The molecule has 2 aromatic rings. The number of nitrogens with one attached hydrogen (secondary N) is 1. The fourth-order valence-electron chi connectivity index (χ4n) is 1.51. The maximum Gasteiger partial charge on any atom is 0.287 e. The lowest BCUT2D eigenvalue weighted by Gasteiger charge is -2.03. The lowest BCUT2D eigenvalue weighted by molar-refractivity contribution is 0.0918. The molecule has 2 rings (SSSR count). The zero-order valence-corrected chi connectivity index (χ0v) is 11.0. The second-order valence-electron chi connectivity index (χ2n) is 3.98. The Labute approximate surface area is 114 Å². The Bertz CT molecular complexity index is 739. The van der Waals surface area contributed by atoms with Gasteiger partial charge in [0.05, 0.1) is 0 Å². The quantitative estimate of drug-likeness (QED) is 0.878. The number of hydrogen-bond donors (Lipinski definition) is 2. The summed E-state index contributed by atoms with van der Waals surface area (Å²) in [4.78, 5) is 11.7. The molecule has 8 heteroatoms. The molecular weight excluding hydrogens is 287 g/mol. The summed E-state index contributed by atoms with van der Waals surface area (Å²) in [5.74, 6) is -1.22. The fourth-order valence-corrected chi connectivity index (χ4v) is 1.98. The number of nitrogens with two attached hydrogens (primary N) is 1. The molecule has 1 aromatic heterocycles. The Hall–Kier alpha value is -2.19. The Morgan fingerprint density at radius 3 is 2.65 bits per heavy atom. The summed E-state index contributed by atoms with van der Waals surface area (Å²) in [5.41, 5.74) is 0.566. The highest BCUT2D eigenvalue weighted by molar-refractivity contribution is 7.89. The highest BCUT2D eigenvalue weighted by Crippen LogP contribution is 2.12. The number of primary sulfonamides is 1. The number of rotatable bonds is 4. The standard InChI is InChI=1S/C12H11FN2O4S/c13-9-3-1-2-8(6-9)7-15-12(16)10-4-5-11(19-10)20(14,17)18/h1-6H,7H2,(H,15,16)(H2,14,17,18). The van der Waals surface area contributed by atoms with Crippen LogP contribution in [0.1, 0.15) is 16.1 Å². The summed E-state index contributed by atoms with van der Waals surface area (Å²) < 4.78 is 39.8. The van der Waals surface area contributed by atoms with E-state index < -0.39 is 26.8 Å². The van der Waals surface area contributed by atoms with Gasteiger partial charge in [-0.3, -0.25) is 4.79 Å². The number of carbonyl (C=O) groups is 1. The van der Waals surface area contributed by atoms with Crippen molar-refractivity contribution in [2.45, 2.75) is 11.6 Å². The highest BCUT2D eigenvalue weighted by atomic mass is 32.2. The number of hydrogen-bond acceptors (Lipinski definition) is 4. The van der Waals surface area contributed by atoms with Gasteiger partial charge in [-0.05, 0) is 29.8 Å². The van der Waals surface area contributed by atoms with Crippen LogP contribution in [0.15, 0.2) is 45.9 Å². The van der Waals surface area contributed by atoms with Crippen molar-refractivity contribution in [3.63, 3.8) is 0 Å². The van der Waals surface area contributed by atoms with E-state index in [1.54, 1.807) is 6.07 Å². The smallest absolute Gasteiger partial charge is 0.287 e. The average molecular weight is 298 g/mol. The summed E-state index contributed by atoms with van der Waals surface area (Å²) in [7, 11) is -3.98. The maximum absolute atomic E-state index is 12.9. The molecule has 0 spiro atoms. The van der Waals surface area contributed by atoms with Gasteiger partial charge in [0.2, 0.25) is 5.09 Å². The first-order chi connectivity index (χ1) is 9.36. The van der Waals surface area contributed by atoms with Crippen LogP contribution in [-0.4, -0.2) is 14.3 Å². The lowest BCUT2D eigenvalue weighted by atomic mass is 10.2. The van der Waals surface area contributed by atoms with Crippen LogP contribution in [0.3, 0.4) is 0 Å². The maximum atomic E-state index is 12.9. The Balaban J connectivity index is 2.04. The van der Waals surface area contributed by atoms with Crippen LogP contribution in [0.4, 0.5) is 4.39 Å². The minimum absolute atomic E-state index is 0.0853. The third-order valence-electron chi connectivity index (χ3n) is 2.43. The van der Waals surface area contributed by atoms with Crippen molar-refractivity contribution in [3.8, 4) is 0 Å². The number of halogens is 1. The van der Waals surface area contributed by atoms with E-state index >= 15 is 0 Å².